The Morgan fingerprint density at radius 3 is 2.67 bits per heavy atom. The number of hydrogen-bond donors (Lipinski definition) is 1. The van der Waals surface area contributed by atoms with Crippen LogP contribution in [0.25, 0.3) is 0 Å². The first kappa shape index (κ1) is 9.58. The second-order valence-electron chi connectivity index (χ2n) is 2.21. The van der Waals surface area contributed by atoms with Crippen molar-refractivity contribution >= 4 is 11.8 Å². The highest BCUT2D eigenvalue weighted by atomic mass is 32.2. The highest BCUT2D eigenvalue weighted by molar-refractivity contribution is 7.99. The van der Waals surface area contributed by atoms with Crippen molar-refractivity contribution < 1.29 is 9.84 Å². The zero-order chi connectivity index (χ0) is 8.65. The summed E-state index contributed by atoms with van der Waals surface area (Å²) in [5, 5.41) is 8.43. The van der Waals surface area contributed by atoms with Gasteiger partial charge in [-0.25, -0.2) is 0 Å². The Hall–Kier alpha value is -0.510. The van der Waals surface area contributed by atoms with E-state index in [9.17, 15) is 0 Å². The van der Waals surface area contributed by atoms with E-state index in [4.69, 9.17) is 9.84 Å². The first-order valence-electron chi connectivity index (χ1n) is 3.80. The summed E-state index contributed by atoms with van der Waals surface area (Å²) in [4.78, 5) is 1.19. The molecule has 0 saturated carbocycles. The van der Waals surface area contributed by atoms with E-state index in [0.717, 1.165) is 0 Å². The first-order valence-corrected chi connectivity index (χ1v) is 4.78. The van der Waals surface area contributed by atoms with E-state index in [1.54, 1.807) is 11.8 Å². The number of aliphatic hydroxyl groups excluding tert-OH is 1. The Bertz CT molecular complexity index is 201. The van der Waals surface area contributed by atoms with Gasteiger partial charge < -0.3 is 9.84 Å². The largest absolute Gasteiger partial charge is 0.394 e. The molecule has 0 aliphatic rings. The SMILES string of the molecule is OCCOCSc1ccccc1. The van der Waals surface area contributed by atoms with Crippen LogP contribution in [0.15, 0.2) is 35.2 Å². The predicted molar refractivity (Wildman–Crippen MR) is 50.2 cm³/mol. The van der Waals surface area contributed by atoms with Crippen LogP contribution >= 0.6 is 11.8 Å². The van der Waals surface area contributed by atoms with E-state index in [0.29, 0.717) is 12.5 Å². The molecule has 0 aliphatic carbocycles. The molecule has 1 aromatic carbocycles. The van der Waals surface area contributed by atoms with Gasteiger partial charge in [0.15, 0.2) is 0 Å². The van der Waals surface area contributed by atoms with Gasteiger partial charge >= 0.3 is 0 Å². The van der Waals surface area contributed by atoms with Crippen LogP contribution in [-0.2, 0) is 4.74 Å². The molecule has 0 spiro atoms. The molecule has 1 N–H and O–H groups in total. The molecule has 1 rings (SSSR count). The molecule has 0 amide bonds. The van der Waals surface area contributed by atoms with Crippen LogP contribution in [0.3, 0.4) is 0 Å². The highest BCUT2D eigenvalue weighted by Gasteiger charge is 1.90. The minimum Gasteiger partial charge on any atom is -0.394 e. The van der Waals surface area contributed by atoms with Crippen molar-refractivity contribution in [2.75, 3.05) is 19.2 Å². The Kier molecular flexibility index (Phi) is 4.83. The lowest BCUT2D eigenvalue weighted by Crippen LogP contribution is -1.97. The molecule has 3 heteroatoms. The van der Waals surface area contributed by atoms with Crippen LogP contribution in [0.4, 0.5) is 0 Å². The van der Waals surface area contributed by atoms with Gasteiger partial charge in [-0.1, -0.05) is 30.0 Å². The molecule has 0 unspecified atom stereocenters. The van der Waals surface area contributed by atoms with Crippen LogP contribution in [0, 0.1) is 0 Å². The molecule has 0 aliphatic heterocycles. The number of hydrogen-bond acceptors (Lipinski definition) is 3. The minimum atomic E-state index is 0.0926. The van der Waals surface area contributed by atoms with Gasteiger partial charge in [0.25, 0.3) is 0 Å². The Morgan fingerprint density at radius 1 is 1.25 bits per heavy atom. The second kappa shape index (κ2) is 6.06. The third kappa shape index (κ3) is 3.76. The quantitative estimate of drug-likeness (QED) is 0.429. The smallest absolute Gasteiger partial charge is 0.0968 e. The maximum absolute atomic E-state index is 8.43. The summed E-state index contributed by atoms with van der Waals surface area (Å²) < 4.78 is 5.10. The molecule has 0 bridgehead atoms. The Balaban J connectivity index is 2.16. The lowest BCUT2D eigenvalue weighted by Gasteiger charge is -2.01. The zero-order valence-electron chi connectivity index (χ0n) is 6.77. The molecule has 1 aromatic rings. The Labute approximate surface area is 76.6 Å². The molecule has 2 nitrogen and oxygen atoms in total. The number of thioether (sulfide) groups is 1. The van der Waals surface area contributed by atoms with E-state index in [2.05, 4.69) is 0 Å². The van der Waals surface area contributed by atoms with Crippen molar-refractivity contribution in [3.8, 4) is 0 Å². The van der Waals surface area contributed by atoms with Gasteiger partial charge in [0.05, 0.1) is 19.2 Å². The van der Waals surface area contributed by atoms with E-state index in [1.807, 2.05) is 30.3 Å². The molecule has 0 fully saturated rings. The van der Waals surface area contributed by atoms with E-state index < -0.39 is 0 Å². The third-order valence-electron chi connectivity index (χ3n) is 1.29. The molecule has 0 atom stereocenters. The summed E-state index contributed by atoms with van der Waals surface area (Å²) in [7, 11) is 0. The zero-order valence-corrected chi connectivity index (χ0v) is 7.59. The van der Waals surface area contributed by atoms with Crippen molar-refractivity contribution in [2.45, 2.75) is 4.90 Å². The molecule has 12 heavy (non-hydrogen) atoms. The van der Waals surface area contributed by atoms with Crippen molar-refractivity contribution in [2.24, 2.45) is 0 Å². The first-order chi connectivity index (χ1) is 5.93. The van der Waals surface area contributed by atoms with Crippen molar-refractivity contribution in [1.29, 1.82) is 0 Å². The molecule has 0 radical (unpaired) electrons. The molecular weight excluding hydrogens is 172 g/mol. The summed E-state index contributed by atoms with van der Waals surface area (Å²) in [6.07, 6.45) is 0. The maximum Gasteiger partial charge on any atom is 0.0968 e. The summed E-state index contributed by atoms with van der Waals surface area (Å²) in [5.74, 6) is 0.602. The van der Waals surface area contributed by atoms with Gasteiger partial charge in [0.2, 0.25) is 0 Å². The average Bonchev–Trinajstić information content (AvgIpc) is 2.14. The monoisotopic (exact) mass is 184 g/mol. The molecule has 0 saturated heterocycles. The number of ether oxygens (including phenoxy) is 1. The number of rotatable bonds is 5. The minimum absolute atomic E-state index is 0.0926. The third-order valence-corrected chi connectivity index (χ3v) is 2.18. The fraction of sp³-hybridized carbons (Fsp3) is 0.333. The highest BCUT2D eigenvalue weighted by Crippen LogP contribution is 2.16. The van der Waals surface area contributed by atoms with Gasteiger partial charge in [-0.15, -0.1) is 0 Å². The van der Waals surface area contributed by atoms with Gasteiger partial charge in [-0.3, -0.25) is 0 Å². The van der Waals surface area contributed by atoms with Gasteiger partial charge in [0, 0.05) is 4.90 Å². The van der Waals surface area contributed by atoms with Crippen molar-refractivity contribution in [3.63, 3.8) is 0 Å². The average molecular weight is 184 g/mol. The Morgan fingerprint density at radius 2 is 2.00 bits per heavy atom. The lowest BCUT2D eigenvalue weighted by molar-refractivity contribution is 0.125. The van der Waals surface area contributed by atoms with Crippen LogP contribution in [0.1, 0.15) is 0 Å². The summed E-state index contributed by atoms with van der Waals surface area (Å²) in [5.41, 5.74) is 0. The van der Waals surface area contributed by atoms with E-state index >= 15 is 0 Å². The van der Waals surface area contributed by atoms with Crippen molar-refractivity contribution in [1.82, 2.24) is 0 Å². The van der Waals surface area contributed by atoms with Crippen molar-refractivity contribution in [3.05, 3.63) is 30.3 Å². The van der Waals surface area contributed by atoms with Crippen LogP contribution < -0.4 is 0 Å². The van der Waals surface area contributed by atoms with Crippen LogP contribution in [0.2, 0.25) is 0 Å². The number of aliphatic hydroxyl groups is 1. The van der Waals surface area contributed by atoms with Crippen LogP contribution in [-0.4, -0.2) is 24.3 Å². The van der Waals surface area contributed by atoms with Gasteiger partial charge in [-0.05, 0) is 12.1 Å². The predicted octanol–water partition coefficient (Wildman–Crippen LogP) is 1.75. The molecule has 0 aromatic heterocycles. The van der Waals surface area contributed by atoms with E-state index in [1.165, 1.54) is 4.90 Å². The van der Waals surface area contributed by atoms with E-state index in [-0.39, 0.29) is 6.61 Å². The summed E-state index contributed by atoms with van der Waals surface area (Å²) in [6, 6.07) is 10.0. The topological polar surface area (TPSA) is 29.5 Å². The second-order valence-corrected chi connectivity index (χ2v) is 3.20. The maximum atomic E-state index is 8.43. The van der Waals surface area contributed by atoms with Gasteiger partial charge in [-0.2, -0.15) is 0 Å². The molecule has 66 valence electrons. The van der Waals surface area contributed by atoms with Crippen LogP contribution in [0.5, 0.6) is 0 Å². The summed E-state index contributed by atoms with van der Waals surface area (Å²) >= 11 is 1.63. The lowest BCUT2D eigenvalue weighted by atomic mass is 10.4. The fourth-order valence-electron chi connectivity index (χ4n) is 0.750. The normalized spacial score (nSPS) is 10.1. The summed E-state index contributed by atoms with van der Waals surface area (Å²) in [6.45, 7) is 0.509. The molecular formula is C9H12O2S. The standard InChI is InChI=1S/C9H12O2S/c10-6-7-11-8-12-9-4-2-1-3-5-9/h1-5,10H,6-8H2. The fourth-order valence-corrected chi connectivity index (χ4v) is 1.44. The van der Waals surface area contributed by atoms with Gasteiger partial charge in [0.1, 0.15) is 0 Å². The number of benzene rings is 1. The molecule has 0 heterocycles.